The summed E-state index contributed by atoms with van der Waals surface area (Å²) in [6, 6.07) is 6.31. The van der Waals surface area contributed by atoms with Gasteiger partial charge in [-0.2, -0.15) is 5.10 Å². The number of amides is 1. The highest BCUT2D eigenvalue weighted by Gasteiger charge is 2.16. The Balaban J connectivity index is 1.92. The van der Waals surface area contributed by atoms with Crippen molar-refractivity contribution in [3.63, 3.8) is 0 Å². The third-order valence-electron chi connectivity index (χ3n) is 3.38. The molecule has 1 atom stereocenters. The van der Waals surface area contributed by atoms with Gasteiger partial charge in [-0.3, -0.25) is 9.48 Å². The fourth-order valence-corrected chi connectivity index (χ4v) is 3.18. The van der Waals surface area contributed by atoms with Gasteiger partial charge in [0.15, 0.2) is 0 Å². The molecule has 21 heavy (non-hydrogen) atoms. The second-order valence-electron chi connectivity index (χ2n) is 5.38. The molecule has 0 fully saturated rings. The van der Waals surface area contributed by atoms with Crippen molar-refractivity contribution in [2.75, 3.05) is 20.6 Å². The summed E-state index contributed by atoms with van der Waals surface area (Å²) in [6.07, 6.45) is 0. The molecule has 2 rings (SSSR count). The van der Waals surface area contributed by atoms with E-state index in [1.807, 2.05) is 40.1 Å². The molecule has 5 nitrogen and oxygen atoms in total. The van der Waals surface area contributed by atoms with Gasteiger partial charge in [0.25, 0.3) is 0 Å². The van der Waals surface area contributed by atoms with E-state index in [2.05, 4.69) is 26.8 Å². The normalized spacial score (nSPS) is 12.6. The Hall–Kier alpha value is -1.66. The fraction of sp³-hybridized carbons (Fsp3) is 0.467. The number of likely N-dealkylation sites (N-methyl/N-ethyl adjacent to an activating group) is 1. The zero-order valence-corrected chi connectivity index (χ0v) is 13.8. The van der Waals surface area contributed by atoms with E-state index in [1.165, 1.54) is 4.88 Å². The van der Waals surface area contributed by atoms with Crippen molar-refractivity contribution < 1.29 is 4.79 Å². The first-order chi connectivity index (χ1) is 9.97. The minimum atomic E-state index is -0.00962. The van der Waals surface area contributed by atoms with Gasteiger partial charge in [-0.05, 0) is 45.5 Å². The van der Waals surface area contributed by atoms with Crippen LogP contribution in [-0.4, -0.2) is 41.2 Å². The monoisotopic (exact) mass is 306 g/mol. The molecular weight excluding hydrogens is 284 g/mol. The molecule has 0 aromatic carbocycles. The molecule has 0 aliphatic carbocycles. The van der Waals surface area contributed by atoms with E-state index in [0.717, 1.165) is 11.4 Å². The molecule has 6 heteroatoms. The van der Waals surface area contributed by atoms with Gasteiger partial charge in [-0.25, -0.2) is 0 Å². The molecule has 0 radical (unpaired) electrons. The van der Waals surface area contributed by atoms with Crippen molar-refractivity contribution in [3.05, 3.63) is 39.8 Å². The van der Waals surface area contributed by atoms with Gasteiger partial charge >= 0.3 is 0 Å². The smallest absolute Gasteiger partial charge is 0.241 e. The molecule has 2 heterocycles. The van der Waals surface area contributed by atoms with Crippen LogP contribution in [-0.2, 0) is 11.3 Å². The molecule has 1 N–H and O–H groups in total. The summed E-state index contributed by atoms with van der Waals surface area (Å²) >= 11 is 1.71. The van der Waals surface area contributed by atoms with E-state index in [-0.39, 0.29) is 18.5 Å². The highest BCUT2D eigenvalue weighted by atomic mass is 32.1. The van der Waals surface area contributed by atoms with Gasteiger partial charge in [0.1, 0.15) is 6.54 Å². The van der Waals surface area contributed by atoms with Crippen LogP contribution in [0.25, 0.3) is 0 Å². The molecule has 0 saturated heterocycles. The molecule has 2 aromatic rings. The van der Waals surface area contributed by atoms with Crippen molar-refractivity contribution in [2.24, 2.45) is 0 Å². The van der Waals surface area contributed by atoms with Crippen LogP contribution in [0.1, 0.15) is 22.3 Å². The van der Waals surface area contributed by atoms with Gasteiger partial charge in [-0.1, -0.05) is 6.07 Å². The van der Waals surface area contributed by atoms with Crippen LogP contribution in [0.4, 0.5) is 0 Å². The molecule has 0 saturated carbocycles. The SMILES string of the molecule is Cc1cc(C)n(CC(=O)NCC(c2cccs2)N(C)C)n1. The van der Waals surface area contributed by atoms with Crippen molar-refractivity contribution in [1.29, 1.82) is 0 Å². The first-order valence-electron chi connectivity index (χ1n) is 6.95. The lowest BCUT2D eigenvalue weighted by atomic mass is 10.2. The summed E-state index contributed by atoms with van der Waals surface area (Å²) in [7, 11) is 4.05. The van der Waals surface area contributed by atoms with Crippen LogP contribution in [0.3, 0.4) is 0 Å². The Morgan fingerprint density at radius 3 is 2.76 bits per heavy atom. The van der Waals surface area contributed by atoms with E-state index in [0.29, 0.717) is 6.54 Å². The summed E-state index contributed by atoms with van der Waals surface area (Å²) in [5.41, 5.74) is 1.94. The average Bonchev–Trinajstić information content (AvgIpc) is 3.00. The van der Waals surface area contributed by atoms with E-state index >= 15 is 0 Å². The van der Waals surface area contributed by atoms with Gasteiger partial charge in [0, 0.05) is 17.1 Å². The maximum atomic E-state index is 12.1. The number of hydrogen-bond acceptors (Lipinski definition) is 4. The fourth-order valence-electron chi connectivity index (χ4n) is 2.26. The Kier molecular flexibility index (Phi) is 5.14. The Morgan fingerprint density at radius 1 is 1.48 bits per heavy atom. The molecule has 1 amide bonds. The quantitative estimate of drug-likeness (QED) is 0.888. The third-order valence-corrected chi connectivity index (χ3v) is 4.36. The van der Waals surface area contributed by atoms with Gasteiger partial charge < -0.3 is 10.2 Å². The molecule has 0 aliphatic rings. The highest BCUT2D eigenvalue weighted by molar-refractivity contribution is 7.10. The number of thiophene rings is 1. The molecule has 0 aliphatic heterocycles. The summed E-state index contributed by atoms with van der Waals surface area (Å²) < 4.78 is 1.74. The second-order valence-corrected chi connectivity index (χ2v) is 6.36. The molecule has 0 bridgehead atoms. The number of hydrogen-bond donors (Lipinski definition) is 1. The standard InChI is InChI=1S/C15H22N4OS/c1-11-8-12(2)19(17-11)10-15(20)16-9-13(18(3)4)14-6-5-7-21-14/h5-8,13H,9-10H2,1-4H3,(H,16,20). The van der Waals surface area contributed by atoms with Crippen LogP contribution >= 0.6 is 11.3 Å². The first-order valence-corrected chi connectivity index (χ1v) is 7.83. The first kappa shape index (κ1) is 15.7. The number of carbonyl (C=O) groups excluding carboxylic acids is 1. The molecular formula is C15H22N4OS. The van der Waals surface area contributed by atoms with E-state index in [4.69, 9.17) is 0 Å². The van der Waals surface area contributed by atoms with Crippen LogP contribution in [0.5, 0.6) is 0 Å². The lowest BCUT2D eigenvalue weighted by molar-refractivity contribution is -0.122. The topological polar surface area (TPSA) is 50.2 Å². The number of nitrogens with zero attached hydrogens (tertiary/aromatic N) is 3. The number of nitrogens with one attached hydrogen (secondary N) is 1. The predicted molar refractivity (Wildman–Crippen MR) is 85.5 cm³/mol. The van der Waals surface area contributed by atoms with Crippen LogP contribution in [0.15, 0.2) is 23.6 Å². The maximum Gasteiger partial charge on any atom is 0.241 e. The van der Waals surface area contributed by atoms with Gasteiger partial charge in [0.2, 0.25) is 5.91 Å². The Labute approximate surface area is 129 Å². The number of carbonyl (C=O) groups is 1. The van der Waals surface area contributed by atoms with Crippen molar-refractivity contribution >= 4 is 17.2 Å². The summed E-state index contributed by atoms with van der Waals surface area (Å²) in [4.78, 5) is 15.5. The number of rotatable bonds is 6. The van der Waals surface area contributed by atoms with Crippen molar-refractivity contribution in [2.45, 2.75) is 26.4 Å². The Bertz CT molecular complexity index is 589. The predicted octanol–water partition coefficient (Wildman–Crippen LogP) is 1.98. The zero-order valence-electron chi connectivity index (χ0n) is 13.0. The van der Waals surface area contributed by atoms with Crippen molar-refractivity contribution in [1.82, 2.24) is 20.0 Å². The minimum Gasteiger partial charge on any atom is -0.353 e. The van der Waals surface area contributed by atoms with Crippen LogP contribution in [0.2, 0.25) is 0 Å². The number of aryl methyl sites for hydroxylation is 2. The lowest BCUT2D eigenvalue weighted by Crippen LogP contribution is -2.36. The molecule has 114 valence electrons. The summed E-state index contributed by atoms with van der Waals surface area (Å²) in [5.74, 6) is -0.00962. The molecule has 0 spiro atoms. The largest absolute Gasteiger partial charge is 0.353 e. The van der Waals surface area contributed by atoms with Crippen LogP contribution in [0, 0.1) is 13.8 Å². The summed E-state index contributed by atoms with van der Waals surface area (Å²) in [5, 5.41) is 9.37. The van der Waals surface area contributed by atoms with Gasteiger partial charge in [-0.15, -0.1) is 11.3 Å². The van der Waals surface area contributed by atoms with Crippen LogP contribution < -0.4 is 5.32 Å². The third kappa shape index (κ3) is 4.15. The maximum absolute atomic E-state index is 12.1. The molecule has 2 aromatic heterocycles. The van der Waals surface area contributed by atoms with E-state index < -0.39 is 0 Å². The number of aromatic nitrogens is 2. The molecule has 1 unspecified atom stereocenters. The zero-order chi connectivity index (χ0) is 15.4. The minimum absolute atomic E-state index is 0.00962. The average molecular weight is 306 g/mol. The van der Waals surface area contributed by atoms with Crippen molar-refractivity contribution in [3.8, 4) is 0 Å². The van der Waals surface area contributed by atoms with E-state index in [1.54, 1.807) is 16.0 Å². The Morgan fingerprint density at radius 2 is 2.24 bits per heavy atom. The summed E-state index contributed by atoms with van der Waals surface area (Å²) in [6.45, 7) is 4.76. The van der Waals surface area contributed by atoms with E-state index in [9.17, 15) is 4.79 Å². The lowest BCUT2D eigenvalue weighted by Gasteiger charge is -2.23. The van der Waals surface area contributed by atoms with Gasteiger partial charge in [0.05, 0.1) is 11.7 Å². The highest BCUT2D eigenvalue weighted by Crippen LogP contribution is 2.22. The second kappa shape index (κ2) is 6.87.